The molecule has 1 aromatic rings. The topological polar surface area (TPSA) is 71.1 Å². The Labute approximate surface area is 131 Å². The Morgan fingerprint density at radius 2 is 2.18 bits per heavy atom. The molecule has 2 heterocycles. The van der Waals surface area contributed by atoms with Crippen molar-refractivity contribution in [1.29, 1.82) is 0 Å². The quantitative estimate of drug-likeness (QED) is 0.924. The summed E-state index contributed by atoms with van der Waals surface area (Å²) in [4.78, 5) is 18.9. The third-order valence-corrected chi connectivity index (χ3v) is 5.23. The average Bonchev–Trinajstić information content (AvgIpc) is 3.20. The van der Waals surface area contributed by atoms with Crippen molar-refractivity contribution in [1.82, 2.24) is 20.1 Å². The third kappa shape index (κ3) is 2.64. The van der Waals surface area contributed by atoms with Crippen molar-refractivity contribution in [3.05, 3.63) is 11.6 Å². The average molecular weight is 306 g/mol. The molecule has 6 heteroatoms. The number of aromatic nitrogens is 3. The van der Waals surface area contributed by atoms with Gasteiger partial charge in [-0.25, -0.2) is 4.98 Å². The van der Waals surface area contributed by atoms with Crippen molar-refractivity contribution >= 4 is 5.91 Å². The zero-order valence-corrected chi connectivity index (χ0v) is 13.8. The number of ether oxygens (including phenoxy) is 1. The molecule has 1 aliphatic heterocycles. The third-order valence-electron chi connectivity index (χ3n) is 5.23. The van der Waals surface area contributed by atoms with Crippen molar-refractivity contribution in [3.63, 3.8) is 0 Å². The van der Waals surface area contributed by atoms with E-state index in [0.29, 0.717) is 5.92 Å². The lowest BCUT2D eigenvalue weighted by molar-refractivity contribution is -0.134. The molecule has 0 bridgehead atoms. The summed E-state index contributed by atoms with van der Waals surface area (Å²) in [5.74, 6) is 2.50. The highest BCUT2D eigenvalue weighted by Crippen LogP contribution is 2.52. The van der Waals surface area contributed by atoms with Crippen LogP contribution in [-0.2, 0) is 9.53 Å². The minimum atomic E-state index is 0.0832. The van der Waals surface area contributed by atoms with Gasteiger partial charge in [0.15, 0.2) is 5.82 Å². The van der Waals surface area contributed by atoms with Gasteiger partial charge < -0.3 is 9.64 Å². The summed E-state index contributed by atoms with van der Waals surface area (Å²) in [5, 5.41) is 7.50. The predicted molar refractivity (Wildman–Crippen MR) is 82.6 cm³/mol. The van der Waals surface area contributed by atoms with Gasteiger partial charge in [-0.2, -0.15) is 5.10 Å². The van der Waals surface area contributed by atoms with Gasteiger partial charge in [-0.15, -0.1) is 0 Å². The summed E-state index contributed by atoms with van der Waals surface area (Å²) >= 11 is 0. The summed E-state index contributed by atoms with van der Waals surface area (Å²) < 4.78 is 5.02. The molecule has 1 N–H and O–H groups in total. The smallest absolute Gasteiger partial charge is 0.248 e. The number of nitrogens with zero attached hydrogens (tertiary/aromatic N) is 3. The molecule has 1 saturated heterocycles. The van der Waals surface area contributed by atoms with Gasteiger partial charge in [0.2, 0.25) is 5.91 Å². The van der Waals surface area contributed by atoms with Crippen LogP contribution >= 0.6 is 0 Å². The van der Waals surface area contributed by atoms with Gasteiger partial charge in [-0.05, 0) is 18.3 Å². The maximum absolute atomic E-state index is 12.2. The minimum absolute atomic E-state index is 0.0832. The molecule has 1 saturated carbocycles. The summed E-state index contributed by atoms with van der Waals surface area (Å²) in [6, 6.07) is 0. The van der Waals surface area contributed by atoms with Crippen LogP contribution in [0.15, 0.2) is 0 Å². The maximum Gasteiger partial charge on any atom is 0.248 e. The fourth-order valence-electron chi connectivity index (χ4n) is 4.04. The highest BCUT2D eigenvalue weighted by atomic mass is 16.5. The van der Waals surface area contributed by atoms with Gasteiger partial charge >= 0.3 is 0 Å². The first-order valence-corrected chi connectivity index (χ1v) is 8.24. The first-order valence-electron chi connectivity index (χ1n) is 8.24. The zero-order valence-electron chi connectivity index (χ0n) is 13.8. The van der Waals surface area contributed by atoms with E-state index in [1.165, 1.54) is 25.7 Å². The molecule has 1 spiro atoms. The van der Waals surface area contributed by atoms with E-state index in [9.17, 15) is 4.79 Å². The van der Waals surface area contributed by atoms with Crippen LogP contribution in [0.4, 0.5) is 0 Å². The molecule has 1 amide bonds. The van der Waals surface area contributed by atoms with Gasteiger partial charge in [0, 0.05) is 32.0 Å². The number of amides is 1. The molecule has 1 unspecified atom stereocenters. The second-order valence-electron chi connectivity index (χ2n) is 7.06. The lowest BCUT2D eigenvalue weighted by Gasteiger charge is -2.28. The van der Waals surface area contributed by atoms with Crippen molar-refractivity contribution in [2.24, 2.45) is 5.41 Å². The second kappa shape index (κ2) is 5.99. The Kier molecular flexibility index (Phi) is 4.21. The monoisotopic (exact) mass is 306 g/mol. The molecule has 1 atom stereocenters. The van der Waals surface area contributed by atoms with Gasteiger partial charge in [0.1, 0.15) is 12.4 Å². The number of rotatable bonds is 4. The first kappa shape index (κ1) is 15.5. The SMILES string of the molecule is COCC(=O)N1CC(c2nc(C(C)C)n[nH]2)C2(CCCC2)C1. The molecule has 3 rings (SSSR count). The van der Waals surface area contributed by atoms with Crippen LogP contribution in [0.5, 0.6) is 0 Å². The van der Waals surface area contributed by atoms with Crippen LogP contribution in [0.2, 0.25) is 0 Å². The highest BCUT2D eigenvalue weighted by molar-refractivity contribution is 5.78. The Morgan fingerprint density at radius 3 is 2.77 bits per heavy atom. The van der Waals surface area contributed by atoms with E-state index >= 15 is 0 Å². The molecule has 2 fully saturated rings. The van der Waals surface area contributed by atoms with Gasteiger partial charge in [0.05, 0.1) is 0 Å². The molecule has 1 aliphatic carbocycles. The van der Waals surface area contributed by atoms with Crippen molar-refractivity contribution in [2.75, 3.05) is 26.8 Å². The number of carbonyl (C=O) groups is 1. The number of hydrogen-bond donors (Lipinski definition) is 1. The summed E-state index contributed by atoms with van der Waals surface area (Å²) in [6.07, 6.45) is 4.83. The number of methoxy groups -OCH3 is 1. The Morgan fingerprint density at radius 1 is 1.45 bits per heavy atom. The second-order valence-corrected chi connectivity index (χ2v) is 7.06. The van der Waals surface area contributed by atoms with Crippen LogP contribution in [0.25, 0.3) is 0 Å². The standard InChI is InChI=1S/C16H26N4O2/c1-11(2)14-17-15(19-18-14)12-8-20(13(21)9-22-3)10-16(12)6-4-5-7-16/h11-12H,4-10H2,1-3H3,(H,17,18,19). The lowest BCUT2D eigenvalue weighted by Crippen LogP contribution is -2.33. The minimum Gasteiger partial charge on any atom is -0.375 e. The van der Waals surface area contributed by atoms with Crippen molar-refractivity contribution < 1.29 is 9.53 Å². The molecular weight excluding hydrogens is 280 g/mol. The van der Waals surface area contributed by atoms with E-state index in [0.717, 1.165) is 24.7 Å². The van der Waals surface area contributed by atoms with Crippen LogP contribution < -0.4 is 0 Å². The van der Waals surface area contributed by atoms with Gasteiger partial charge in [0.25, 0.3) is 0 Å². The zero-order chi connectivity index (χ0) is 15.7. The Bertz CT molecular complexity index is 534. The fourth-order valence-corrected chi connectivity index (χ4v) is 4.04. The molecule has 6 nitrogen and oxygen atoms in total. The maximum atomic E-state index is 12.2. The molecule has 122 valence electrons. The van der Waals surface area contributed by atoms with E-state index in [-0.39, 0.29) is 23.8 Å². The van der Waals surface area contributed by atoms with Crippen LogP contribution in [0.1, 0.15) is 63.0 Å². The number of hydrogen-bond acceptors (Lipinski definition) is 4. The first-order chi connectivity index (χ1) is 10.6. The highest BCUT2D eigenvalue weighted by Gasteiger charge is 2.51. The Hall–Kier alpha value is -1.43. The lowest BCUT2D eigenvalue weighted by atomic mass is 9.76. The molecule has 1 aromatic heterocycles. The molecule has 0 aromatic carbocycles. The molecule has 0 radical (unpaired) electrons. The molecular formula is C16H26N4O2. The van der Waals surface area contributed by atoms with E-state index in [1.54, 1.807) is 7.11 Å². The fraction of sp³-hybridized carbons (Fsp3) is 0.812. The van der Waals surface area contributed by atoms with Gasteiger partial charge in [-0.1, -0.05) is 26.7 Å². The Balaban J connectivity index is 1.85. The number of likely N-dealkylation sites (tertiary alicyclic amines) is 1. The largest absolute Gasteiger partial charge is 0.375 e. The number of aromatic amines is 1. The van der Waals surface area contributed by atoms with Crippen LogP contribution in [0, 0.1) is 5.41 Å². The van der Waals surface area contributed by atoms with Crippen LogP contribution in [-0.4, -0.2) is 52.8 Å². The van der Waals surface area contributed by atoms with E-state index in [2.05, 4.69) is 24.0 Å². The van der Waals surface area contributed by atoms with Crippen LogP contribution in [0.3, 0.4) is 0 Å². The molecule has 22 heavy (non-hydrogen) atoms. The van der Waals surface area contributed by atoms with Crippen molar-refractivity contribution in [3.8, 4) is 0 Å². The number of H-pyrrole nitrogens is 1. The normalized spacial score (nSPS) is 23.8. The van der Waals surface area contributed by atoms with E-state index in [4.69, 9.17) is 9.72 Å². The summed E-state index contributed by atoms with van der Waals surface area (Å²) in [7, 11) is 1.57. The summed E-state index contributed by atoms with van der Waals surface area (Å²) in [6.45, 7) is 5.92. The van der Waals surface area contributed by atoms with E-state index < -0.39 is 0 Å². The number of nitrogens with one attached hydrogen (secondary N) is 1. The predicted octanol–water partition coefficient (Wildman–Crippen LogP) is 2.06. The van der Waals surface area contributed by atoms with E-state index in [1.807, 2.05) is 4.90 Å². The summed E-state index contributed by atoms with van der Waals surface area (Å²) in [5.41, 5.74) is 0.178. The number of carbonyl (C=O) groups excluding carboxylic acids is 1. The van der Waals surface area contributed by atoms with Gasteiger partial charge in [-0.3, -0.25) is 9.89 Å². The van der Waals surface area contributed by atoms with Crippen molar-refractivity contribution in [2.45, 2.75) is 51.4 Å². The molecule has 2 aliphatic rings.